The fraction of sp³-hybridized carbons (Fsp3) is 0.500. The Morgan fingerprint density at radius 3 is 2.93 bits per heavy atom. The van der Waals surface area contributed by atoms with Crippen molar-refractivity contribution >= 4 is 23.1 Å². The first-order valence-electron chi connectivity index (χ1n) is 10.1. The summed E-state index contributed by atoms with van der Waals surface area (Å²) >= 11 is 1.59. The number of carbonyl (C=O) groups is 1. The fourth-order valence-corrected chi connectivity index (χ4v) is 4.16. The van der Waals surface area contributed by atoms with E-state index in [0.717, 1.165) is 35.9 Å². The molecule has 0 spiro atoms. The molecule has 0 radical (unpaired) electrons. The molecule has 1 saturated heterocycles. The highest BCUT2D eigenvalue weighted by Gasteiger charge is 2.29. The van der Waals surface area contributed by atoms with Crippen molar-refractivity contribution in [2.24, 2.45) is 5.92 Å². The minimum atomic E-state index is -0.115. The summed E-state index contributed by atoms with van der Waals surface area (Å²) in [7, 11) is 0. The van der Waals surface area contributed by atoms with Crippen molar-refractivity contribution < 1.29 is 9.32 Å². The molecule has 3 aromatic rings. The molecule has 10 heteroatoms. The lowest BCUT2D eigenvalue weighted by molar-refractivity contribution is -0.125. The Morgan fingerprint density at radius 2 is 2.20 bits per heavy atom. The van der Waals surface area contributed by atoms with Gasteiger partial charge in [-0.1, -0.05) is 12.1 Å². The molecular formula is C20H25N7O2S. The maximum absolute atomic E-state index is 12.8. The third kappa shape index (κ3) is 4.48. The Balaban J connectivity index is 1.50. The van der Waals surface area contributed by atoms with E-state index >= 15 is 0 Å². The van der Waals surface area contributed by atoms with Gasteiger partial charge in [-0.2, -0.15) is 4.98 Å². The van der Waals surface area contributed by atoms with E-state index < -0.39 is 0 Å². The number of aromatic nitrogens is 5. The normalized spacial score (nSPS) is 16.6. The summed E-state index contributed by atoms with van der Waals surface area (Å²) in [6, 6.07) is 0. The molecule has 0 aliphatic carbocycles. The minimum Gasteiger partial charge on any atom is -0.355 e. The van der Waals surface area contributed by atoms with Crippen LogP contribution in [0.25, 0.3) is 11.5 Å². The number of anilines is 1. The van der Waals surface area contributed by atoms with Gasteiger partial charge in [-0.3, -0.25) is 4.79 Å². The third-order valence-electron chi connectivity index (χ3n) is 5.11. The van der Waals surface area contributed by atoms with Crippen molar-refractivity contribution in [3.63, 3.8) is 0 Å². The summed E-state index contributed by atoms with van der Waals surface area (Å²) in [6.07, 6.45) is 4.16. The molecule has 1 aliphatic rings. The van der Waals surface area contributed by atoms with Gasteiger partial charge < -0.3 is 14.7 Å². The highest BCUT2D eigenvalue weighted by molar-refractivity contribution is 7.09. The van der Waals surface area contributed by atoms with Gasteiger partial charge in [0.25, 0.3) is 5.89 Å². The van der Waals surface area contributed by atoms with E-state index in [9.17, 15) is 4.79 Å². The second kappa shape index (κ2) is 8.86. The molecule has 0 saturated carbocycles. The number of nitrogens with zero attached hydrogens (tertiary/aromatic N) is 6. The second-order valence-corrected chi connectivity index (χ2v) is 8.45. The molecule has 3 aromatic heterocycles. The van der Waals surface area contributed by atoms with Crippen molar-refractivity contribution in [3.8, 4) is 11.5 Å². The van der Waals surface area contributed by atoms with Gasteiger partial charge in [-0.25, -0.2) is 15.0 Å². The topological polar surface area (TPSA) is 110 Å². The van der Waals surface area contributed by atoms with E-state index in [1.54, 1.807) is 17.5 Å². The largest absolute Gasteiger partial charge is 0.355 e. The predicted molar refractivity (Wildman–Crippen MR) is 113 cm³/mol. The second-order valence-electron chi connectivity index (χ2n) is 7.38. The van der Waals surface area contributed by atoms with Gasteiger partial charge in [0.2, 0.25) is 5.91 Å². The van der Waals surface area contributed by atoms with Crippen LogP contribution in [0.4, 0.5) is 5.82 Å². The monoisotopic (exact) mass is 427 g/mol. The summed E-state index contributed by atoms with van der Waals surface area (Å²) in [5.74, 6) is 2.38. The van der Waals surface area contributed by atoms with Crippen molar-refractivity contribution in [1.29, 1.82) is 0 Å². The molecule has 4 heterocycles. The number of thiazole rings is 1. The van der Waals surface area contributed by atoms with Crippen LogP contribution in [0.3, 0.4) is 0 Å². The Hall–Kier alpha value is -2.88. The van der Waals surface area contributed by atoms with Crippen LogP contribution in [0, 0.1) is 19.8 Å². The van der Waals surface area contributed by atoms with Crippen molar-refractivity contribution in [3.05, 3.63) is 33.9 Å². The van der Waals surface area contributed by atoms with E-state index in [4.69, 9.17) is 4.52 Å². The van der Waals surface area contributed by atoms with Crippen LogP contribution in [0.2, 0.25) is 0 Å². The van der Waals surface area contributed by atoms with Crippen LogP contribution in [0.15, 0.2) is 16.1 Å². The standard InChI is InChI=1S/C20H25N7O2S/c1-4-17-25-20(29-26-17)16-9-21-12(2)23-18(16)27-7-5-6-14(10-27)19(28)22-8-15-11-30-13(3)24-15/h9,11,14H,4-8,10H2,1-3H3,(H,22,28). The highest BCUT2D eigenvalue weighted by atomic mass is 32.1. The molecule has 158 valence electrons. The van der Waals surface area contributed by atoms with Crippen LogP contribution in [0.1, 0.15) is 42.1 Å². The van der Waals surface area contributed by atoms with Crippen molar-refractivity contribution in [2.45, 2.75) is 46.6 Å². The first-order valence-corrected chi connectivity index (χ1v) is 11.0. The molecule has 30 heavy (non-hydrogen) atoms. The Morgan fingerprint density at radius 1 is 1.33 bits per heavy atom. The third-order valence-corrected chi connectivity index (χ3v) is 5.93. The van der Waals surface area contributed by atoms with E-state index in [1.807, 2.05) is 26.2 Å². The van der Waals surface area contributed by atoms with Gasteiger partial charge in [-0.05, 0) is 26.7 Å². The molecule has 9 nitrogen and oxygen atoms in total. The zero-order valence-corrected chi connectivity index (χ0v) is 18.2. The molecule has 1 N–H and O–H groups in total. The number of piperidine rings is 1. The van der Waals surface area contributed by atoms with E-state index in [0.29, 0.717) is 42.6 Å². The number of aryl methyl sites for hydroxylation is 3. The number of hydrogen-bond acceptors (Lipinski definition) is 9. The highest BCUT2D eigenvalue weighted by Crippen LogP contribution is 2.31. The van der Waals surface area contributed by atoms with Gasteiger partial charge in [0.1, 0.15) is 17.2 Å². The first kappa shape index (κ1) is 20.4. The smallest absolute Gasteiger partial charge is 0.263 e. The number of carbonyl (C=O) groups excluding carboxylic acids is 1. The summed E-state index contributed by atoms with van der Waals surface area (Å²) in [4.78, 5) is 32.7. The summed E-state index contributed by atoms with van der Waals surface area (Å²) in [5, 5.41) is 10.00. The molecule has 0 bridgehead atoms. The van der Waals surface area contributed by atoms with Crippen LogP contribution in [-0.4, -0.2) is 44.1 Å². The van der Waals surface area contributed by atoms with Crippen LogP contribution < -0.4 is 10.2 Å². The summed E-state index contributed by atoms with van der Waals surface area (Å²) in [5.41, 5.74) is 1.60. The lowest BCUT2D eigenvalue weighted by Crippen LogP contribution is -2.43. The van der Waals surface area contributed by atoms with Gasteiger partial charge in [0.05, 0.1) is 23.2 Å². The van der Waals surface area contributed by atoms with Crippen LogP contribution >= 0.6 is 11.3 Å². The summed E-state index contributed by atoms with van der Waals surface area (Å²) in [6.45, 7) is 7.64. The quantitative estimate of drug-likeness (QED) is 0.639. The van der Waals surface area contributed by atoms with Crippen LogP contribution in [-0.2, 0) is 17.8 Å². The van der Waals surface area contributed by atoms with E-state index in [-0.39, 0.29) is 11.8 Å². The lowest BCUT2D eigenvalue weighted by atomic mass is 9.96. The molecule has 4 rings (SSSR count). The van der Waals surface area contributed by atoms with E-state index in [1.165, 1.54) is 0 Å². The average molecular weight is 428 g/mol. The minimum absolute atomic E-state index is 0.0451. The first-order chi connectivity index (χ1) is 14.5. The number of rotatable bonds is 6. The van der Waals surface area contributed by atoms with Gasteiger partial charge >= 0.3 is 0 Å². The van der Waals surface area contributed by atoms with Gasteiger partial charge in [0, 0.05) is 31.1 Å². The molecule has 1 unspecified atom stereocenters. The van der Waals surface area contributed by atoms with Gasteiger partial charge in [-0.15, -0.1) is 11.3 Å². The zero-order chi connectivity index (χ0) is 21.1. The maximum Gasteiger partial charge on any atom is 0.263 e. The van der Waals surface area contributed by atoms with Gasteiger partial charge in [0.15, 0.2) is 5.82 Å². The average Bonchev–Trinajstić information content (AvgIpc) is 3.41. The fourth-order valence-electron chi connectivity index (χ4n) is 3.55. The summed E-state index contributed by atoms with van der Waals surface area (Å²) < 4.78 is 5.42. The Bertz CT molecular complexity index is 1030. The Kier molecular flexibility index (Phi) is 6.03. The molecule has 1 atom stereocenters. The molecule has 1 aliphatic heterocycles. The molecule has 1 amide bonds. The zero-order valence-electron chi connectivity index (χ0n) is 17.4. The number of hydrogen-bond donors (Lipinski definition) is 1. The molecular weight excluding hydrogens is 402 g/mol. The van der Waals surface area contributed by atoms with Crippen molar-refractivity contribution in [2.75, 3.05) is 18.0 Å². The SMILES string of the molecule is CCc1noc(-c2cnc(C)nc2N2CCCC(C(=O)NCc3csc(C)n3)C2)n1. The Labute approximate surface area is 179 Å². The van der Waals surface area contributed by atoms with E-state index in [2.05, 4.69) is 35.3 Å². The molecule has 1 fully saturated rings. The van der Waals surface area contributed by atoms with Crippen molar-refractivity contribution in [1.82, 2.24) is 30.4 Å². The lowest BCUT2D eigenvalue weighted by Gasteiger charge is -2.33. The maximum atomic E-state index is 12.8. The number of amides is 1. The number of nitrogens with one attached hydrogen (secondary N) is 1. The van der Waals surface area contributed by atoms with Crippen LogP contribution in [0.5, 0.6) is 0 Å². The molecule has 0 aromatic carbocycles. The predicted octanol–water partition coefficient (Wildman–Crippen LogP) is 2.70.